The van der Waals surface area contributed by atoms with Gasteiger partial charge < -0.3 is 5.32 Å². The van der Waals surface area contributed by atoms with E-state index in [0.717, 1.165) is 3.89 Å². The summed E-state index contributed by atoms with van der Waals surface area (Å²) < 4.78 is 0.801. The van der Waals surface area contributed by atoms with Crippen LogP contribution in [0.2, 0.25) is 0 Å². The van der Waals surface area contributed by atoms with Gasteiger partial charge in [0.1, 0.15) is 0 Å². The van der Waals surface area contributed by atoms with E-state index >= 15 is 0 Å². The average molecular weight is 253 g/mol. The second-order valence-corrected chi connectivity index (χ2v) is 4.87. The first kappa shape index (κ1) is 12.4. The molecule has 72 valence electrons. The maximum absolute atomic E-state index is 4.69. The average Bonchev–Trinajstić information content (AvgIpc) is 2.08. The molecular weight excluding hydrogens is 235 g/mol. The van der Waals surface area contributed by atoms with E-state index in [1.54, 1.807) is 0 Å². The SMILES string of the molecule is C1CC[NH2+]CC1.CN(C)C(=S)[Se-]. The summed E-state index contributed by atoms with van der Waals surface area (Å²) in [6.45, 7) is 2.75. The Bertz CT molecular complexity index is 113. The van der Waals surface area contributed by atoms with Crippen LogP contribution in [0.5, 0.6) is 0 Å². The molecule has 1 aliphatic rings. The first-order valence-electron chi connectivity index (χ1n) is 4.34. The number of hydrogen-bond donors (Lipinski definition) is 1. The molecular formula is C8H18N2SSe. The van der Waals surface area contributed by atoms with Gasteiger partial charge in [-0.05, 0) is 19.3 Å². The molecule has 0 atom stereocenters. The molecule has 2 N–H and O–H groups in total. The Hall–Kier alpha value is 0.369. The molecule has 0 aromatic carbocycles. The van der Waals surface area contributed by atoms with Gasteiger partial charge in [-0.2, -0.15) is 0 Å². The fraction of sp³-hybridized carbons (Fsp3) is 0.875. The van der Waals surface area contributed by atoms with Crippen molar-refractivity contribution in [1.29, 1.82) is 0 Å². The summed E-state index contributed by atoms with van der Waals surface area (Å²) in [4.78, 5) is 1.84. The van der Waals surface area contributed by atoms with Crippen molar-refractivity contribution >= 4 is 32.1 Å². The molecule has 0 aromatic heterocycles. The summed E-state index contributed by atoms with van der Waals surface area (Å²) in [5.74, 6) is 0. The molecule has 1 fully saturated rings. The Balaban J connectivity index is 0.000000202. The molecule has 2 nitrogen and oxygen atoms in total. The van der Waals surface area contributed by atoms with Crippen molar-refractivity contribution in [2.45, 2.75) is 19.3 Å². The quantitative estimate of drug-likeness (QED) is 0.474. The van der Waals surface area contributed by atoms with Crippen LogP contribution in [0.4, 0.5) is 0 Å². The van der Waals surface area contributed by atoms with E-state index < -0.39 is 0 Å². The summed E-state index contributed by atoms with van der Waals surface area (Å²) in [5, 5.41) is 2.39. The summed E-state index contributed by atoms with van der Waals surface area (Å²) in [5.41, 5.74) is 0. The molecule has 1 saturated heterocycles. The first-order valence-corrected chi connectivity index (χ1v) is 5.61. The molecule has 1 aliphatic heterocycles. The Morgan fingerprint density at radius 2 is 1.67 bits per heavy atom. The zero-order valence-corrected chi connectivity index (χ0v) is 10.4. The molecule has 0 spiro atoms. The van der Waals surface area contributed by atoms with Crippen molar-refractivity contribution in [3.8, 4) is 0 Å². The topological polar surface area (TPSA) is 19.9 Å². The van der Waals surface area contributed by atoms with Crippen molar-refractivity contribution in [3.05, 3.63) is 0 Å². The fourth-order valence-electron chi connectivity index (χ4n) is 0.898. The molecule has 0 radical (unpaired) electrons. The van der Waals surface area contributed by atoms with Gasteiger partial charge in [-0.15, -0.1) is 0 Å². The molecule has 0 amide bonds. The second kappa shape index (κ2) is 7.99. The number of nitrogens with zero attached hydrogens (tertiary/aromatic N) is 1. The third kappa shape index (κ3) is 8.47. The predicted molar refractivity (Wildman–Crippen MR) is 57.5 cm³/mol. The standard InChI is InChI=1S/C5H11N.C3H7NSSe/c1-2-4-6-5-3-1;1-4(2)3(5)6/h6H,1-5H2;1-2H3,(H,5,6). The number of thiocarbonyl (C=S) groups is 1. The van der Waals surface area contributed by atoms with Crippen molar-refractivity contribution in [2.75, 3.05) is 27.2 Å². The van der Waals surface area contributed by atoms with Gasteiger partial charge in [0.25, 0.3) is 0 Å². The minimum absolute atomic E-state index is 0.801. The van der Waals surface area contributed by atoms with Gasteiger partial charge in [0, 0.05) is 0 Å². The van der Waals surface area contributed by atoms with E-state index in [-0.39, 0.29) is 0 Å². The number of piperidine rings is 1. The van der Waals surface area contributed by atoms with E-state index in [0.29, 0.717) is 0 Å². The van der Waals surface area contributed by atoms with Crippen molar-refractivity contribution < 1.29 is 5.32 Å². The fourth-order valence-corrected chi connectivity index (χ4v) is 0.898. The molecule has 4 heteroatoms. The van der Waals surface area contributed by atoms with Crippen molar-refractivity contribution in [1.82, 2.24) is 4.90 Å². The molecule has 0 aliphatic carbocycles. The molecule has 0 saturated carbocycles. The zero-order chi connectivity index (χ0) is 9.40. The van der Waals surface area contributed by atoms with Crippen LogP contribution < -0.4 is 5.32 Å². The monoisotopic (exact) mass is 254 g/mol. The summed E-state index contributed by atoms with van der Waals surface area (Å²) in [6.07, 6.45) is 4.36. The Morgan fingerprint density at radius 1 is 1.25 bits per heavy atom. The van der Waals surface area contributed by atoms with Crippen LogP contribution in [0, 0.1) is 0 Å². The Kier molecular flexibility index (Phi) is 8.24. The van der Waals surface area contributed by atoms with Gasteiger partial charge in [-0.1, -0.05) is 0 Å². The molecule has 0 unspecified atom stereocenters. The van der Waals surface area contributed by atoms with Gasteiger partial charge in [-0.25, -0.2) is 0 Å². The van der Waals surface area contributed by atoms with Crippen molar-refractivity contribution in [2.24, 2.45) is 0 Å². The van der Waals surface area contributed by atoms with E-state index in [1.807, 2.05) is 19.0 Å². The number of rotatable bonds is 0. The first-order chi connectivity index (χ1) is 5.64. The number of hydrogen-bond acceptors (Lipinski definition) is 1. The van der Waals surface area contributed by atoms with E-state index in [9.17, 15) is 0 Å². The van der Waals surface area contributed by atoms with E-state index in [1.165, 1.54) is 32.4 Å². The molecule has 0 aromatic rings. The molecule has 0 bridgehead atoms. The van der Waals surface area contributed by atoms with Crippen molar-refractivity contribution in [3.63, 3.8) is 0 Å². The third-order valence-corrected chi connectivity index (χ3v) is 2.81. The summed E-state index contributed by atoms with van der Waals surface area (Å²) >= 11 is 7.39. The van der Waals surface area contributed by atoms with Crippen LogP contribution in [0.15, 0.2) is 0 Å². The van der Waals surface area contributed by atoms with Crippen LogP contribution in [0.1, 0.15) is 19.3 Å². The Morgan fingerprint density at radius 3 is 1.75 bits per heavy atom. The number of quaternary nitrogens is 1. The van der Waals surface area contributed by atoms with Crippen LogP contribution >= 0.6 is 12.2 Å². The normalized spacial score (nSPS) is 15.8. The van der Waals surface area contributed by atoms with Gasteiger partial charge in [-0.3, -0.25) is 0 Å². The zero-order valence-electron chi connectivity index (χ0n) is 7.88. The minimum atomic E-state index is 0.801. The maximum atomic E-state index is 4.69. The number of nitrogens with two attached hydrogens (primary N) is 1. The summed E-state index contributed by atoms with van der Waals surface area (Å²) in [6, 6.07) is 0. The van der Waals surface area contributed by atoms with Crippen LogP contribution in [-0.2, 0) is 0 Å². The van der Waals surface area contributed by atoms with Crippen LogP contribution in [0.25, 0.3) is 0 Å². The van der Waals surface area contributed by atoms with Gasteiger partial charge in [0.15, 0.2) is 0 Å². The molecule has 1 rings (SSSR count). The molecule has 12 heavy (non-hydrogen) atoms. The predicted octanol–water partition coefficient (Wildman–Crippen LogP) is -0.265. The third-order valence-electron chi connectivity index (χ3n) is 1.68. The van der Waals surface area contributed by atoms with E-state index in [2.05, 4.69) is 33.5 Å². The summed E-state index contributed by atoms with van der Waals surface area (Å²) in [7, 11) is 3.80. The van der Waals surface area contributed by atoms with Gasteiger partial charge >= 0.3 is 51.1 Å². The van der Waals surface area contributed by atoms with Gasteiger partial charge in [0.05, 0.1) is 13.1 Å². The van der Waals surface area contributed by atoms with Crippen LogP contribution in [-0.4, -0.2) is 52.0 Å². The van der Waals surface area contributed by atoms with Crippen LogP contribution in [0.3, 0.4) is 0 Å². The Labute approximate surface area is 88.9 Å². The van der Waals surface area contributed by atoms with Gasteiger partial charge in [0.2, 0.25) is 0 Å². The van der Waals surface area contributed by atoms with E-state index in [4.69, 9.17) is 0 Å². The second-order valence-electron chi connectivity index (χ2n) is 3.09. The molecule has 1 heterocycles.